The third kappa shape index (κ3) is 5.60. The van der Waals surface area contributed by atoms with Gasteiger partial charge in [0.2, 0.25) is 0 Å². The molecule has 296 valence electrons. The molecule has 9 aromatic carbocycles. The van der Waals surface area contributed by atoms with Gasteiger partial charge in [-0.25, -0.2) is 0 Å². The number of anilines is 3. The molecule has 0 atom stereocenters. The van der Waals surface area contributed by atoms with Crippen molar-refractivity contribution >= 4 is 48.6 Å². The van der Waals surface area contributed by atoms with E-state index in [-0.39, 0.29) is 10.8 Å². The summed E-state index contributed by atoms with van der Waals surface area (Å²) in [5.41, 5.74) is 21.5. The zero-order valence-electron chi connectivity index (χ0n) is 35.4. The molecule has 1 heterocycles. The van der Waals surface area contributed by atoms with Crippen molar-refractivity contribution < 1.29 is 0 Å². The van der Waals surface area contributed by atoms with Crippen molar-refractivity contribution in [1.82, 2.24) is 0 Å². The van der Waals surface area contributed by atoms with Gasteiger partial charge in [-0.1, -0.05) is 167 Å². The summed E-state index contributed by atoms with van der Waals surface area (Å²) in [6.45, 7) is 9.47. The van der Waals surface area contributed by atoms with Crippen molar-refractivity contribution in [2.45, 2.75) is 38.5 Å². The van der Waals surface area contributed by atoms with E-state index in [2.05, 4.69) is 233 Å². The van der Waals surface area contributed by atoms with Crippen LogP contribution in [0.1, 0.15) is 49.9 Å². The molecule has 0 aliphatic heterocycles. The van der Waals surface area contributed by atoms with Crippen molar-refractivity contribution in [3.05, 3.63) is 222 Å². The Hall–Kier alpha value is -7.00. The van der Waals surface area contributed by atoms with Crippen molar-refractivity contribution in [2.24, 2.45) is 0 Å². The maximum atomic E-state index is 2.47. The summed E-state index contributed by atoms with van der Waals surface area (Å²) < 4.78 is 2.63. The predicted octanol–water partition coefficient (Wildman–Crippen LogP) is 17.1. The Morgan fingerprint density at radius 1 is 0.306 bits per heavy atom. The van der Waals surface area contributed by atoms with E-state index in [0.29, 0.717) is 0 Å². The van der Waals surface area contributed by atoms with E-state index in [4.69, 9.17) is 0 Å². The lowest BCUT2D eigenvalue weighted by Crippen LogP contribution is -2.16. The molecular formula is C60H45NS. The molecule has 0 spiro atoms. The van der Waals surface area contributed by atoms with Crippen LogP contribution in [0.2, 0.25) is 0 Å². The minimum atomic E-state index is -0.105. The zero-order valence-corrected chi connectivity index (χ0v) is 36.2. The lowest BCUT2D eigenvalue weighted by Gasteiger charge is -2.28. The highest BCUT2D eigenvalue weighted by Gasteiger charge is 2.37. The molecule has 0 bridgehead atoms. The van der Waals surface area contributed by atoms with Crippen molar-refractivity contribution in [3.8, 4) is 55.6 Å². The fourth-order valence-electron chi connectivity index (χ4n) is 10.6. The molecule has 1 aromatic heterocycles. The van der Waals surface area contributed by atoms with Gasteiger partial charge in [0.25, 0.3) is 0 Å². The largest absolute Gasteiger partial charge is 0.310 e. The second-order valence-electron chi connectivity index (χ2n) is 18.1. The highest BCUT2D eigenvalue weighted by Crippen LogP contribution is 2.53. The number of fused-ring (bicyclic) bond motifs is 9. The van der Waals surface area contributed by atoms with Crippen molar-refractivity contribution in [1.29, 1.82) is 0 Å². The lowest BCUT2D eigenvalue weighted by atomic mass is 9.81. The Kier molecular flexibility index (Phi) is 8.17. The first kappa shape index (κ1) is 36.8. The third-order valence-corrected chi connectivity index (χ3v) is 15.0. The summed E-state index contributed by atoms with van der Waals surface area (Å²) in [6.07, 6.45) is 0. The average Bonchev–Trinajstić information content (AvgIpc) is 3.88. The quantitative estimate of drug-likeness (QED) is 0.162. The smallest absolute Gasteiger partial charge is 0.0465 e. The number of nitrogens with zero attached hydrogens (tertiary/aromatic N) is 1. The summed E-state index contributed by atoms with van der Waals surface area (Å²) in [5.74, 6) is 0. The molecule has 0 saturated heterocycles. The van der Waals surface area contributed by atoms with Crippen molar-refractivity contribution in [2.75, 3.05) is 4.90 Å². The molecule has 0 N–H and O–H groups in total. The van der Waals surface area contributed by atoms with Crippen LogP contribution in [0.25, 0.3) is 75.8 Å². The first-order valence-electron chi connectivity index (χ1n) is 21.7. The highest BCUT2D eigenvalue weighted by atomic mass is 32.1. The van der Waals surface area contributed by atoms with Gasteiger partial charge < -0.3 is 4.90 Å². The van der Waals surface area contributed by atoms with Gasteiger partial charge in [0, 0.05) is 48.1 Å². The second-order valence-corrected chi connectivity index (χ2v) is 19.2. The van der Waals surface area contributed by atoms with E-state index >= 15 is 0 Å². The fraction of sp³-hybridized carbons (Fsp3) is 0.100. The van der Waals surface area contributed by atoms with E-state index in [0.717, 1.165) is 17.1 Å². The SMILES string of the molecule is CC1(C)c2ccccc2-c2ccc(-c3cc4c(cc3-c3ccc(N(c5ccc(-c6ccccc6)cc5)c5ccc6c(c5)C(C)(C)c5ccccc5-6)cc3)sc3ccccc34)cc21. The summed E-state index contributed by atoms with van der Waals surface area (Å²) in [6, 6.07) is 74.8. The molecule has 2 heteroatoms. The topological polar surface area (TPSA) is 3.24 Å². The van der Waals surface area contributed by atoms with Gasteiger partial charge in [-0.2, -0.15) is 0 Å². The Balaban J connectivity index is 1.00. The van der Waals surface area contributed by atoms with E-state index in [1.807, 2.05) is 11.3 Å². The van der Waals surface area contributed by atoms with Crippen LogP contribution < -0.4 is 4.90 Å². The monoisotopic (exact) mass is 811 g/mol. The average molecular weight is 812 g/mol. The van der Waals surface area contributed by atoms with Gasteiger partial charge in [0.05, 0.1) is 0 Å². The van der Waals surface area contributed by atoms with Gasteiger partial charge in [0.1, 0.15) is 0 Å². The van der Waals surface area contributed by atoms with Gasteiger partial charge in [-0.3, -0.25) is 0 Å². The standard InChI is InChI=1S/C60H45NS/c1-59(2)53-19-11-8-16-45(53)47-32-26-41(34-55(47)59)50-36-52-49-18-10-13-21-57(49)62-58(52)37-51(50)40-24-29-43(30-25-40)61(42-27-22-39(23-28-42)38-14-6-5-7-15-38)44-31-33-48-46-17-9-12-20-54(46)60(3,4)56(48)35-44/h5-37H,1-4H3. The van der Waals surface area contributed by atoms with E-state index in [1.54, 1.807) is 0 Å². The molecule has 0 fully saturated rings. The number of hydrogen-bond acceptors (Lipinski definition) is 2. The van der Waals surface area contributed by atoms with Gasteiger partial charge in [-0.05, 0) is 139 Å². The van der Waals surface area contributed by atoms with Gasteiger partial charge in [-0.15, -0.1) is 11.3 Å². The molecule has 0 radical (unpaired) electrons. The molecule has 0 unspecified atom stereocenters. The minimum Gasteiger partial charge on any atom is -0.310 e. The van der Waals surface area contributed by atoms with Crippen LogP contribution in [-0.4, -0.2) is 0 Å². The number of thiophene rings is 1. The van der Waals surface area contributed by atoms with Crippen molar-refractivity contribution in [3.63, 3.8) is 0 Å². The summed E-state index contributed by atoms with van der Waals surface area (Å²) in [7, 11) is 0. The summed E-state index contributed by atoms with van der Waals surface area (Å²) in [5, 5.41) is 2.63. The molecule has 0 saturated carbocycles. The molecule has 1 nitrogen and oxygen atoms in total. The molecular weight excluding hydrogens is 767 g/mol. The van der Waals surface area contributed by atoms with Crippen LogP contribution in [0, 0.1) is 0 Å². The van der Waals surface area contributed by atoms with Crippen LogP contribution in [0.15, 0.2) is 200 Å². The molecule has 2 aliphatic carbocycles. The van der Waals surface area contributed by atoms with Gasteiger partial charge >= 0.3 is 0 Å². The zero-order chi connectivity index (χ0) is 41.7. The maximum absolute atomic E-state index is 2.47. The summed E-state index contributed by atoms with van der Waals surface area (Å²) >= 11 is 1.88. The first-order valence-corrected chi connectivity index (χ1v) is 22.6. The number of benzene rings is 9. The lowest BCUT2D eigenvalue weighted by molar-refractivity contribution is 0.660. The Labute approximate surface area is 368 Å². The highest BCUT2D eigenvalue weighted by molar-refractivity contribution is 7.25. The van der Waals surface area contributed by atoms with Crippen LogP contribution in [0.3, 0.4) is 0 Å². The summed E-state index contributed by atoms with van der Waals surface area (Å²) in [4.78, 5) is 2.42. The van der Waals surface area contributed by atoms with E-state index < -0.39 is 0 Å². The Morgan fingerprint density at radius 3 is 1.47 bits per heavy atom. The number of hydrogen-bond donors (Lipinski definition) is 0. The Bertz CT molecular complexity index is 3390. The maximum Gasteiger partial charge on any atom is 0.0465 e. The normalized spacial score (nSPS) is 14.1. The van der Waals surface area contributed by atoms with Crippen LogP contribution in [-0.2, 0) is 10.8 Å². The van der Waals surface area contributed by atoms with Crippen LogP contribution in [0.4, 0.5) is 17.1 Å². The van der Waals surface area contributed by atoms with E-state index in [9.17, 15) is 0 Å². The first-order chi connectivity index (χ1) is 30.2. The molecule has 62 heavy (non-hydrogen) atoms. The molecule has 2 aliphatic rings. The van der Waals surface area contributed by atoms with Gasteiger partial charge in [0.15, 0.2) is 0 Å². The number of rotatable bonds is 6. The predicted molar refractivity (Wildman–Crippen MR) is 265 cm³/mol. The fourth-order valence-corrected chi connectivity index (χ4v) is 11.8. The molecule has 0 amide bonds. The molecule has 12 rings (SSSR count). The Morgan fingerprint density at radius 2 is 0.790 bits per heavy atom. The minimum absolute atomic E-state index is 0.0821. The molecule has 10 aromatic rings. The van der Waals surface area contributed by atoms with Crippen LogP contribution in [0.5, 0.6) is 0 Å². The third-order valence-electron chi connectivity index (χ3n) is 13.9. The van der Waals surface area contributed by atoms with E-state index in [1.165, 1.54) is 98.1 Å². The van der Waals surface area contributed by atoms with Crippen LogP contribution >= 0.6 is 11.3 Å². The second kappa shape index (κ2) is 13.8.